The van der Waals surface area contributed by atoms with Crippen LogP contribution in [-0.4, -0.2) is 38.5 Å². The molecule has 6 atom stereocenters. The highest BCUT2D eigenvalue weighted by Crippen LogP contribution is 2.41. The third-order valence-corrected chi connectivity index (χ3v) is 6.13. The lowest BCUT2D eigenvalue weighted by Gasteiger charge is -2.27. The van der Waals surface area contributed by atoms with Gasteiger partial charge in [-0.25, -0.2) is 14.4 Å². The molecule has 1 aliphatic carbocycles. The van der Waals surface area contributed by atoms with E-state index in [2.05, 4.69) is 9.97 Å². The first kappa shape index (κ1) is 21.9. The van der Waals surface area contributed by atoms with E-state index in [0.717, 1.165) is 23.0 Å². The molecule has 0 radical (unpaired) electrons. The monoisotopic (exact) mass is 438 g/mol. The molecule has 2 N–H and O–H groups in total. The van der Waals surface area contributed by atoms with Gasteiger partial charge in [-0.05, 0) is 37.1 Å². The summed E-state index contributed by atoms with van der Waals surface area (Å²) < 4.78 is 58.9. The van der Waals surface area contributed by atoms with Crippen LogP contribution < -0.4 is 0 Å². The van der Waals surface area contributed by atoms with Gasteiger partial charge < -0.3 is 14.9 Å². The van der Waals surface area contributed by atoms with Crippen LogP contribution in [0.5, 0.6) is 0 Å². The third kappa shape index (κ3) is 4.09. The molecule has 3 unspecified atom stereocenters. The van der Waals surface area contributed by atoms with Crippen LogP contribution in [0.2, 0.25) is 0 Å². The molecule has 2 heterocycles. The van der Waals surface area contributed by atoms with Crippen LogP contribution in [0.1, 0.15) is 41.1 Å². The van der Waals surface area contributed by atoms with Crippen molar-refractivity contribution >= 4 is 6.08 Å². The van der Waals surface area contributed by atoms with E-state index in [9.17, 15) is 27.8 Å². The van der Waals surface area contributed by atoms with E-state index < -0.39 is 47.9 Å². The fraction of sp³-hybridized carbons (Fsp3) is 0.455. The van der Waals surface area contributed by atoms with Gasteiger partial charge >= 0.3 is 6.18 Å². The molecule has 1 aromatic carbocycles. The highest BCUT2D eigenvalue weighted by molar-refractivity contribution is 5.57. The van der Waals surface area contributed by atoms with Gasteiger partial charge in [-0.1, -0.05) is 19.1 Å². The minimum atomic E-state index is -4.75. The molecule has 1 aliphatic heterocycles. The smallest absolute Gasteiger partial charge is 0.390 e. The number of aliphatic hydroxyl groups excluding tert-OH is 2. The van der Waals surface area contributed by atoms with Gasteiger partial charge in [-0.3, -0.25) is 0 Å². The molecule has 0 amide bonds. The number of ether oxygens (including phenoxy) is 1. The summed E-state index contributed by atoms with van der Waals surface area (Å²) in [6.45, 7) is 3.52. The molecule has 31 heavy (non-hydrogen) atoms. The number of nitrogens with zero attached hydrogens (tertiary/aromatic N) is 2. The number of benzene rings is 1. The second-order valence-electron chi connectivity index (χ2n) is 8.18. The van der Waals surface area contributed by atoms with E-state index in [-0.39, 0.29) is 11.5 Å². The van der Waals surface area contributed by atoms with Crippen LogP contribution >= 0.6 is 0 Å². The Hall–Kier alpha value is -2.36. The number of rotatable bonds is 3. The van der Waals surface area contributed by atoms with Crippen LogP contribution in [0.3, 0.4) is 0 Å². The van der Waals surface area contributed by atoms with Gasteiger partial charge in [0.25, 0.3) is 0 Å². The molecule has 2 aromatic rings. The highest BCUT2D eigenvalue weighted by atomic mass is 19.4. The lowest BCUT2D eigenvalue weighted by Crippen LogP contribution is -2.33. The molecule has 1 fully saturated rings. The average Bonchev–Trinajstić information content (AvgIpc) is 3.01. The Kier molecular flexibility index (Phi) is 5.61. The number of hydrogen-bond donors (Lipinski definition) is 2. The zero-order valence-electron chi connectivity index (χ0n) is 16.8. The van der Waals surface area contributed by atoms with Gasteiger partial charge in [0, 0.05) is 23.1 Å². The SMILES string of the molecule is Cc1ncnc2c1C=CC([C@@H]1OC(C(O)c3cc(F)cc(C(F)(F)F)c3)[C@@H](C)[C@H]1O)C2. The number of aromatic nitrogens is 2. The zero-order chi connectivity index (χ0) is 22.5. The van der Waals surface area contributed by atoms with Crippen molar-refractivity contribution in [2.75, 3.05) is 0 Å². The zero-order valence-corrected chi connectivity index (χ0v) is 16.8. The summed E-state index contributed by atoms with van der Waals surface area (Å²) in [5.41, 5.74) is 1.12. The molecule has 9 heteroatoms. The predicted molar refractivity (Wildman–Crippen MR) is 103 cm³/mol. The maximum atomic E-state index is 13.8. The van der Waals surface area contributed by atoms with Crippen molar-refractivity contribution in [1.82, 2.24) is 9.97 Å². The average molecular weight is 438 g/mol. The molecular weight excluding hydrogens is 416 g/mol. The van der Waals surface area contributed by atoms with E-state index >= 15 is 0 Å². The Labute approximate surface area is 176 Å². The molecule has 2 aliphatic rings. The van der Waals surface area contributed by atoms with Crippen molar-refractivity contribution in [3.8, 4) is 0 Å². The van der Waals surface area contributed by atoms with Gasteiger partial charge in [0.05, 0.1) is 29.6 Å². The van der Waals surface area contributed by atoms with Crippen molar-refractivity contribution < 1.29 is 32.5 Å². The minimum absolute atomic E-state index is 0.241. The second-order valence-corrected chi connectivity index (χ2v) is 8.18. The van der Waals surface area contributed by atoms with Crippen LogP contribution in [0.15, 0.2) is 30.6 Å². The van der Waals surface area contributed by atoms with E-state index in [1.54, 1.807) is 6.92 Å². The van der Waals surface area contributed by atoms with E-state index in [1.807, 2.05) is 19.1 Å². The van der Waals surface area contributed by atoms with Gasteiger partial charge in [-0.2, -0.15) is 13.2 Å². The first-order valence-corrected chi connectivity index (χ1v) is 9.94. The van der Waals surface area contributed by atoms with E-state index in [0.29, 0.717) is 18.6 Å². The molecule has 0 saturated carbocycles. The lowest BCUT2D eigenvalue weighted by atomic mass is 9.84. The Balaban J connectivity index is 1.57. The Bertz CT molecular complexity index is 1010. The van der Waals surface area contributed by atoms with Crippen molar-refractivity contribution in [3.63, 3.8) is 0 Å². The van der Waals surface area contributed by atoms with Crippen LogP contribution in [0, 0.1) is 24.6 Å². The summed E-state index contributed by atoms with van der Waals surface area (Å²) in [5, 5.41) is 21.5. The fourth-order valence-electron chi connectivity index (χ4n) is 4.38. The lowest BCUT2D eigenvalue weighted by molar-refractivity contribution is -0.138. The normalized spacial score (nSPS) is 29.1. The van der Waals surface area contributed by atoms with Crippen LogP contribution in [0.25, 0.3) is 6.08 Å². The van der Waals surface area contributed by atoms with Crippen molar-refractivity contribution in [2.24, 2.45) is 11.8 Å². The van der Waals surface area contributed by atoms with Gasteiger partial charge in [-0.15, -0.1) is 0 Å². The molecular formula is C22H22F4N2O3. The predicted octanol–water partition coefficient (Wildman–Crippen LogP) is 3.63. The Morgan fingerprint density at radius 2 is 1.94 bits per heavy atom. The maximum absolute atomic E-state index is 13.8. The summed E-state index contributed by atoms with van der Waals surface area (Å²) in [5.74, 6) is -1.93. The largest absolute Gasteiger partial charge is 0.416 e. The Morgan fingerprint density at radius 3 is 2.65 bits per heavy atom. The number of aryl methyl sites for hydroxylation is 1. The summed E-state index contributed by atoms with van der Waals surface area (Å²) in [6, 6.07) is 1.94. The summed E-state index contributed by atoms with van der Waals surface area (Å²) in [7, 11) is 0. The summed E-state index contributed by atoms with van der Waals surface area (Å²) in [4.78, 5) is 8.45. The molecule has 5 nitrogen and oxygen atoms in total. The van der Waals surface area contributed by atoms with Crippen molar-refractivity contribution in [2.45, 2.75) is 50.9 Å². The number of fused-ring (bicyclic) bond motifs is 1. The molecule has 0 spiro atoms. The Morgan fingerprint density at radius 1 is 1.19 bits per heavy atom. The summed E-state index contributed by atoms with van der Waals surface area (Å²) in [6.07, 6.45) is -3.22. The minimum Gasteiger partial charge on any atom is -0.390 e. The number of halogens is 4. The first-order valence-electron chi connectivity index (χ1n) is 9.94. The quantitative estimate of drug-likeness (QED) is 0.716. The molecule has 166 valence electrons. The molecule has 1 aromatic heterocycles. The standard InChI is InChI=1S/C22H22F4N2O3/c1-10-18(29)21(12-3-4-16-11(2)27-9-28-17(16)7-12)31-20(10)19(30)13-5-14(22(24,25)26)8-15(23)6-13/h3-6,8-10,12,18-21,29-30H,7H2,1-2H3/t10-,12?,18+,19?,20?,21-/m0/s1. The van der Waals surface area contributed by atoms with Gasteiger partial charge in [0.1, 0.15) is 18.2 Å². The highest BCUT2D eigenvalue weighted by Gasteiger charge is 2.47. The number of aliphatic hydroxyl groups is 2. The second kappa shape index (κ2) is 7.96. The molecule has 1 saturated heterocycles. The summed E-state index contributed by atoms with van der Waals surface area (Å²) >= 11 is 0. The van der Waals surface area contributed by atoms with Crippen molar-refractivity contribution in [3.05, 3.63) is 64.5 Å². The van der Waals surface area contributed by atoms with E-state index in [1.165, 1.54) is 6.33 Å². The maximum Gasteiger partial charge on any atom is 0.416 e. The van der Waals surface area contributed by atoms with E-state index in [4.69, 9.17) is 4.74 Å². The van der Waals surface area contributed by atoms with Crippen LogP contribution in [-0.2, 0) is 17.3 Å². The van der Waals surface area contributed by atoms with Crippen molar-refractivity contribution in [1.29, 1.82) is 0 Å². The van der Waals surface area contributed by atoms with Crippen LogP contribution in [0.4, 0.5) is 17.6 Å². The molecule has 4 rings (SSSR count). The fourth-order valence-corrected chi connectivity index (χ4v) is 4.38. The van der Waals surface area contributed by atoms with Gasteiger partial charge in [0.15, 0.2) is 0 Å². The molecule has 0 bridgehead atoms. The number of hydrogen-bond acceptors (Lipinski definition) is 5. The third-order valence-electron chi connectivity index (χ3n) is 6.13. The number of alkyl halides is 3. The first-order chi connectivity index (χ1) is 14.6. The topological polar surface area (TPSA) is 75.5 Å². The van der Waals surface area contributed by atoms with Gasteiger partial charge in [0.2, 0.25) is 0 Å².